The lowest BCUT2D eigenvalue weighted by Crippen LogP contribution is -2.43. The van der Waals surface area contributed by atoms with E-state index in [-0.39, 0.29) is 10.7 Å². The number of hydrogen-bond donors (Lipinski definition) is 1. The Morgan fingerprint density at radius 1 is 1.44 bits per heavy atom. The predicted molar refractivity (Wildman–Crippen MR) is 70.8 cm³/mol. The Kier molecular flexibility index (Phi) is 5.25. The van der Waals surface area contributed by atoms with Gasteiger partial charge in [-0.3, -0.25) is 9.69 Å². The minimum Gasteiger partial charge on any atom is -0.354 e. The molecule has 1 saturated carbocycles. The van der Waals surface area contributed by atoms with Crippen molar-refractivity contribution in [1.82, 2.24) is 10.2 Å². The van der Waals surface area contributed by atoms with Gasteiger partial charge in [0.05, 0.1) is 4.83 Å². The van der Waals surface area contributed by atoms with Gasteiger partial charge in [-0.05, 0) is 32.7 Å². The zero-order chi connectivity index (χ0) is 12.3. The molecule has 0 aromatic heterocycles. The number of nitrogens with one attached hydrogen (secondary N) is 1. The third-order valence-electron chi connectivity index (χ3n) is 3.23. The molecule has 0 heterocycles. The van der Waals surface area contributed by atoms with Crippen molar-refractivity contribution in [3.8, 4) is 0 Å². The largest absolute Gasteiger partial charge is 0.354 e. The van der Waals surface area contributed by atoms with Crippen LogP contribution in [0.4, 0.5) is 0 Å². The molecule has 1 fully saturated rings. The van der Waals surface area contributed by atoms with Gasteiger partial charge in [-0.1, -0.05) is 29.8 Å². The fourth-order valence-corrected chi connectivity index (χ4v) is 1.80. The molecule has 0 saturated heterocycles. The quantitative estimate of drug-likeness (QED) is 0.759. The van der Waals surface area contributed by atoms with Gasteiger partial charge < -0.3 is 5.32 Å². The number of alkyl halides is 1. The minimum absolute atomic E-state index is 0.0778. The first kappa shape index (κ1) is 14.0. The number of halogens is 1. The Bertz CT molecular complexity index is 241. The van der Waals surface area contributed by atoms with E-state index in [1.165, 1.54) is 12.8 Å². The molecule has 3 nitrogen and oxygen atoms in total. The van der Waals surface area contributed by atoms with Gasteiger partial charge in [-0.2, -0.15) is 0 Å². The Balaban J connectivity index is 2.25. The first-order valence-electron chi connectivity index (χ1n) is 6.07. The maximum absolute atomic E-state index is 11.7. The van der Waals surface area contributed by atoms with Crippen molar-refractivity contribution in [1.29, 1.82) is 0 Å². The van der Waals surface area contributed by atoms with Crippen LogP contribution in [0.1, 0.15) is 33.6 Å². The van der Waals surface area contributed by atoms with Crippen LogP contribution in [0.3, 0.4) is 0 Å². The molecule has 1 rings (SSSR count). The molecule has 4 heteroatoms. The maximum Gasteiger partial charge on any atom is 0.234 e. The van der Waals surface area contributed by atoms with E-state index in [0.29, 0.717) is 12.0 Å². The normalized spacial score (nSPS) is 19.9. The number of carbonyl (C=O) groups excluding carboxylic acids is 1. The third-order valence-corrected chi connectivity index (χ3v) is 4.70. The van der Waals surface area contributed by atoms with Gasteiger partial charge in [0.1, 0.15) is 0 Å². The Morgan fingerprint density at radius 3 is 2.44 bits per heavy atom. The van der Waals surface area contributed by atoms with E-state index in [1.807, 2.05) is 13.8 Å². The molecule has 94 valence electrons. The summed E-state index contributed by atoms with van der Waals surface area (Å²) < 4.78 is 0. The van der Waals surface area contributed by atoms with E-state index >= 15 is 0 Å². The van der Waals surface area contributed by atoms with Crippen LogP contribution in [-0.4, -0.2) is 41.3 Å². The van der Waals surface area contributed by atoms with Gasteiger partial charge in [-0.25, -0.2) is 0 Å². The second-order valence-electron chi connectivity index (χ2n) is 5.14. The van der Waals surface area contributed by atoms with Crippen LogP contribution >= 0.6 is 15.9 Å². The van der Waals surface area contributed by atoms with Gasteiger partial charge in [0.2, 0.25) is 5.91 Å². The molecule has 1 aliphatic rings. The average Bonchev–Trinajstić information content (AvgIpc) is 3.06. The molecule has 1 aliphatic carbocycles. The van der Waals surface area contributed by atoms with Gasteiger partial charge in [-0.15, -0.1) is 0 Å². The SMILES string of the molecule is CC(C)C(Br)C(=O)NCC(C)N(C)C1CC1. The van der Waals surface area contributed by atoms with Crippen molar-refractivity contribution in [2.45, 2.75) is 50.5 Å². The zero-order valence-electron chi connectivity index (χ0n) is 10.7. The lowest BCUT2D eigenvalue weighted by Gasteiger charge is -2.25. The molecule has 1 N–H and O–H groups in total. The summed E-state index contributed by atoms with van der Waals surface area (Å²) in [4.78, 5) is 14.0. The fraction of sp³-hybridized carbons (Fsp3) is 0.917. The highest BCUT2D eigenvalue weighted by Crippen LogP contribution is 2.26. The predicted octanol–water partition coefficient (Wildman–Crippen LogP) is 2.00. The van der Waals surface area contributed by atoms with E-state index in [0.717, 1.165) is 12.6 Å². The zero-order valence-corrected chi connectivity index (χ0v) is 12.3. The summed E-state index contributed by atoms with van der Waals surface area (Å²) in [7, 11) is 2.14. The third kappa shape index (κ3) is 4.06. The van der Waals surface area contributed by atoms with E-state index in [1.54, 1.807) is 0 Å². The molecule has 0 aromatic carbocycles. The van der Waals surface area contributed by atoms with Gasteiger partial charge in [0.15, 0.2) is 0 Å². The summed E-state index contributed by atoms with van der Waals surface area (Å²) in [5.74, 6) is 0.433. The van der Waals surface area contributed by atoms with E-state index in [9.17, 15) is 4.79 Å². The summed E-state index contributed by atoms with van der Waals surface area (Å²) >= 11 is 3.41. The van der Waals surface area contributed by atoms with Crippen molar-refractivity contribution in [2.24, 2.45) is 5.92 Å². The molecule has 0 radical (unpaired) electrons. The Hall–Kier alpha value is -0.0900. The van der Waals surface area contributed by atoms with Crippen LogP contribution in [0, 0.1) is 5.92 Å². The second kappa shape index (κ2) is 6.01. The number of likely N-dealkylation sites (N-methyl/N-ethyl adjacent to an activating group) is 1. The molecule has 1 amide bonds. The molecule has 0 aromatic rings. The van der Waals surface area contributed by atoms with Crippen LogP contribution in [0.2, 0.25) is 0 Å². The molecule has 2 atom stereocenters. The molecule has 16 heavy (non-hydrogen) atoms. The Labute approximate surface area is 107 Å². The van der Waals surface area contributed by atoms with Gasteiger partial charge in [0.25, 0.3) is 0 Å². The first-order chi connectivity index (χ1) is 7.43. The molecule has 2 unspecified atom stereocenters. The first-order valence-corrected chi connectivity index (χ1v) is 6.98. The summed E-state index contributed by atoms with van der Waals surface area (Å²) in [6, 6.07) is 1.17. The highest BCUT2D eigenvalue weighted by Gasteiger charge is 2.29. The van der Waals surface area contributed by atoms with Crippen molar-refractivity contribution >= 4 is 21.8 Å². The minimum atomic E-state index is -0.0778. The monoisotopic (exact) mass is 290 g/mol. The smallest absolute Gasteiger partial charge is 0.234 e. The second-order valence-corrected chi connectivity index (χ2v) is 6.12. The van der Waals surface area contributed by atoms with Crippen LogP contribution in [0.15, 0.2) is 0 Å². The summed E-state index contributed by atoms with van der Waals surface area (Å²) in [6.45, 7) is 6.98. The van der Waals surface area contributed by atoms with Crippen LogP contribution in [-0.2, 0) is 4.79 Å². The van der Waals surface area contributed by atoms with E-state index in [4.69, 9.17) is 0 Å². The topological polar surface area (TPSA) is 32.3 Å². The number of rotatable bonds is 6. The summed E-state index contributed by atoms with van der Waals surface area (Å²) in [5.41, 5.74) is 0. The highest BCUT2D eigenvalue weighted by atomic mass is 79.9. The van der Waals surface area contributed by atoms with Crippen molar-refractivity contribution in [2.75, 3.05) is 13.6 Å². The van der Waals surface area contributed by atoms with Gasteiger partial charge >= 0.3 is 0 Å². The van der Waals surface area contributed by atoms with Crippen LogP contribution < -0.4 is 5.32 Å². The van der Waals surface area contributed by atoms with Crippen LogP contribution in [0.25, 0.3) is 0 Å². The van der Waals surface area contributed by atoms with E-state index < -0.39 is 0 Å². The van der Waals surface area contributed by atoms with Crippen LogP contribution in [0.5, 0.6) is 0 Å². The van der Waals surface area contributed by atoms with Gasteiger partial charge in [0, 0.05) is 18.6 Å². The average molecular weight is 291 g/mol. The standard InChI is InChI=1S/C12H23BrN2O/c1-8(2)11(13)12(16)14-7-9(3)15(4)10-5-6-10/h8-11H,5-7H2,1-4H3,(H,14,16). The maximum atomic E-state index is 11.7. The molecule has 0 bridgehead atoms. The lowest BCUT2D eigenvalue weighted by atomic mass is 10.1. The lowest BCUT2D eigenvalue weighted by molar-refractivity contribution is -0.121. The molecular formula is C12H23BrN2O. The molecule has 0 spiro atoms. The molecule has 0 aliphatic heterocycles. The summed E-state index contributed by atoms with van der Waals surface area (Å²) in [6.07, 6.45) is 2.61. The Morgan fingerprint density at radius 2 is 2.00 bits per heavy atom. The van der Waals surface area contributed by atoms with Crippen molar-refractivity contribution in [3.63, 3.8) is 0 Å². The number of carbonyl (C=O) groups is 1. The highest BCUT2D eigenvalue weighted by molar-refractivity contribution is 9.10. The van der Waals surface area contributed by atoms with Crippen molar-refractivity contribution < 1.29 is 4.79 Å². The molecular weight excluding hydrogens is 268 g/mol. The van der Waals surface area contributed by atoms with E-state index in [2.05, 4.69) is 40.1 Å². The number of amides is 1. The number of hydrogen-bond acceptors (Lipinski definition) is 2. The number of nitrogens with zero attached hydrogens (tertiary/aromatic N) is 1. The van der Waals surface area contributed by atoms with Crippen molar-refractivity contribution in [3.05, 3.63) is 0 Å². The summed E-state index contributed by atoms with van der Waals surface area (Å²) in [5, 5.41) is 3.00. The fourth-order valence-electron chi connectivity index (χ4n) is 1.63.